The zero-order valence-corrected chi connectivity index (χ0v) is 10.0. The largest absolute Gasteiger partial charge is 0.435 e. The van der Waals surface area contributed by atoms with Crippen LogP contribution in [0.1, 0.15) is 11.4 Å². The first-order valence-electron chi connectivity index (χ1n) is 5.42. The van der Waals surface area contributed by atoms with Crippen LogP contribution in [0, 0.1) is 13.8 Å². The molecule has 0 unspecified atom stereocenters. The minimum absolute atomic E-state index is 0.123. The third kappa shape index (κ3) is 3.00. The smallest absolute Gasteiger partial charge is 0.387 e. The fourth-order valence-electron chi connectivity index (χ4n) is 1.64. The molecule has 1 heterocycles. The van der Waals surface area contributed by atoms with E-state index in [1.165, 1.54) is 12.1 Å². The first-order valence-corrected chi connectivity index (χ1v) is 5.42. The van der Waals surface area contributed by atoms with Crippen molar-refractivity contribution in [3.63, 3.8) is 0 Å². The number of hydrogen-bond acceptors (Lipinski definition) is 3. The van der Waals surface area contributed by atoms with Crippen molar-refractivity contribution in [2.24, 2.45) is 0 Å². The van der Waals surface area contributed by atoms with E-state index in [9.17, 15) is 8.78 Å². The van der Waals surface area contributed by atoms with E-state index in [0.29, 0.717) is 5.82 Å². The van der Waals surface area contributed by atoms with Crippen LogP contribution in [0.15, 0.2) is 30.3 Å². The molecule has 5 heteroatoms. The van der Waals surface area contributed by atoms with Gasteiger partial charge in [0, 0.05) is 17.0 Å². The summed E-state index contributed by atoms with van der Waals surface area (Å²) >= 11 is 0. The van der Waals surface area contributed by atoms with Crippen LogP contribution in [-0.2, 0) is 0 Å². The van der Waals surface area contributed by atoms with Gasteiger partial charge in [0.1, 0.15) is 5.75 Å². The van der Waals surface area contributed by atoms with Gasteiger partial charge in [0.2, 0.25) is 0 Å². The van der Waals surface area contributed by atoms with Crippen LogP contribution in [0.4, 0.5) is 8.78 Å². The summed E-state index contributed by atoms with van der Waals surface area (Å²) in [6, 6.07) is 8.14. The molecule has 0 aliphatic carbocycles. The summed E-state index contributed by atoms with van der Waals surface area (Å²) in [5.74, 6) is 0.703. The number of alkyl halides is 2. The third-order valence-corrected chi connectivity index (χ3v) is 2.32. The standard InChI is InChI=1S/C13H12F2N2O/c1-8-7-9(2)17-12(16-8)10-3-5-11(6-4-10)18-13(14)15/h3-7,13H,1-2H3. The second-order valence-electron chi connectivity index (χ2n) is 3.88. The molecule has 0 saturated carbocycles. The Morgan fingerprint density at radius 3 is 2.06 bits per heavy atom. The second-order valence-corrected chi connectivity index (χ2v) is 3.88. The highest BCUT2D eigenvalue weighted by Crippen LogP contribution is 2.21. The van der Waals surface area contributed by atoms with E-state index < -0.39 is 6.61 Å². The topological polar surface area (TPSA) is 35.0 Å². The van der Waals surface area contributed by atoms with E-state index in [2.05, 4.69) is 14.7 Å². The molecule has 3 nitrogen and oxygen atoms in total. The lowest BCUT2D eigenvalue weighted by atomic mass is 10.2. The lowest BCUT2D eigenvalue weighted by Crippen LogP contribution is -2.01. The average Bonchev–Trinajstić information content (AvgIpc) is 2.27. The van der Waals surface area contributed by atoms with Crippen molar-refractivity contribution in [3.8, 4) is 17.1 Å². The van der Waals surface area contributed by atoms with Gasteiger partial charge >= 0.3 is 6.61 Å². The van der Waals surface area contributed by atoms with Gasteiger partial charge in [-0.25, -0.2) is 9.97 Å². The Labute approximate surface area is 103 Å². The predicted octanol–water partition coefficient (Wildman–Crippen LogP) is 3.36. The minimum atomic E-state index is -2.81. The predicted molar refractivity (Wildman–Crippen MR) is 63.6 cm³/mol. The van der Waals surface area contributed by atoms with Gasteiger partial charge in [-0.05, 0) is 44.2 Å². The fraction of sp³-hybridized carbons (Fsp3) is 0.231. The maximum absolute atomic E-state index is 12.0. The van der Waals surface area contributed by atoms with Crippen molar-refractivity contribution >= 4 is 0 Å². The number of aromatic nitrogens is 2. The number of aryl methyl sites for hydroxylation is 2. The monoisotopic (exact) mass is 250 g/mol. The zero-order valence-electron chi connectivity index (χ0n) is 10.0. The lowest BCUT2D eigenvalue weighted by Gasteiger charge is -2.06. The van der Waals surface area contributed by atoms with Crippen LogP contribution < -0.4 is 4.74 Å². The zero-order chi connectivity index (χ0) is 13.1. The number of benzene rings is 1. The summed E-state index contributed by atoms with van der Waals surface area (Å²) in [6.07, 6.45) is 0. The highest BCUT2D eigenvalue weighted by molar-refractivity contribution is 5.56. The Morgan fingerprint density at radius 2 is 1.56 bits per heavy atom. The first kappa shape index (κ1) is 12.4. The van der Waals surface area contributed by atoms with E-state index in [-0.39, 0.29) is 5.75 Å². The SMILES string of the molecule is Cc1cc(C)nc(-c2ccc(OC(F)F)cc2)n1. The molecule has 0 saturated heterocycles. The molecule has 1 aromatic heterocycles. The highest BCUT2D eigenvalue weighted by atomic mass is 19.3. The summed E-state index contributed by atoms with van der Waals surface area (Å²) in [7, 11) is 0. The van der Waals surface area contributed by atoms with Gasteiger partial charge < -0.3 is 4.74 Å². The van der Waals surface area contributed by atoms with E-state index in [1.54, 1.807) is 12.1 Å². The van der Waals surface area contributed by atoms with Crippen molar-refractivity contribution in [2.75, 3.05) is 0 Å². The molecule has 1 aromatic carbocycles. The van der Waals surface area contributed by atoms with E-state index >= 15 is 0 Å². The maximum Gasteiger partial charge on any atom is 0.387 e. The van der Waals surface area contributed by atoms with E-state index in [4.69, 9.17) is 0 Å². The molecule has 0 radical (unpaired) electrons. The molecule has 18 heavy (non-hydrogen) atoms. The van der Waals surface area contributed by atoms with Crippen molar-refractivity contribution in [1.82, 2.24) is 9.97 Å². The molecule has 94 valence electrons. The molecule has 0 atom stereocenters. The molecule has 2 rings (SSSR count). The Kier molecular flexibility index (Phi) is 3.50. The summed E-state index contributed by atoms with van der Waals surface area (Å²) in [5, 5.41) is 0. The molecule has 0 aliphatic heterocycles. The van der Waals surface area contributed by atoms with Gasteiger partial charge in [-0.15, -0.1) is 0 Å². The van der Waals surface area contributed by atoms with Crippen LogP contribution in [-0.4, -0.2) is 16.6 Å². The minimum Gasteiger partial charge on any atom is -0.435 e. The van der Waals surface area contributed by atoms with Crippen LogP contribution in [0.5, 0.6) is 5.75 Å². The maximum atomic E-state index is 12.0. The van der Waals surface area contributed by atoms with Crippen LogP contribution in [0.3, 0.4) is 0 Å². The normalized spacial score (nSPS) is 10.7. The first-order chi connectivity index (χ1) is 8.54. The number of nitrogens with zero attached hydrogens (tertiary/aromatic N) is 2. The lowest BCUT2D eigenvalue weighted by molar-refractivity contribution is -0.0498. The Balaban J connectivity index is 2.28. The quantitative estimate of drug-likeness (QED) is 0.837. The van der Waals surface area contributed by atoms with Gasteiger partial charge in [-0.2, -0.15) is 8.78 Å². The molecule has 0 spiro atoms. The van der Waals surface area contributed by atoms with E-state index in [1.807, 2.05) is 19.9 Å². The molecular weight excluding hydrogens is 238 g/mol. The highest BCUT2D eigenvalue weighted by Gasteiger charge is 2.06. The summed E-state index contributed by atoms with van der Waals surface area (Å²) in [6.45, 7) is 0.951. The van der Waals surface area contributed by atoms with Crippen LogP contribution >= 0.6 is 0 Å². The van der Waals surface area contributed by atoms with Crippen molar-refractivity contribution in [3.05, 3.63) is 41.7 Å². The molecule has 0 fully saturated rings. The fourth-order valence-corrected chi connectivity index (χ4v) is 1.64. The van der Waals surface area contributed by atoms with Crippen molar-refractivity contribution in [2.45, 2.75) is 20.5 Å². The molecule has 0 amide bonds. The number of halogens is 2. The van der Waals surface area contributed by atoms with E-state index in [0.717, 1.165) is 17.0 Å². The second kappa shape index (κ2) is 5.08. The number of hydrogen-bond donors (Lipinski definition) is 0. The van der Waals surface area contributed by atoms with Crippen LogP contribution in [0.2, 0.25) is 0 Å². The summed E-state index contributed by atoms with van der Waals surface area (Å²) in [5.41, 5.74) is 2.50. The third-order valence-electron chi connectivity index (χ3n) is 2.32. The van der Waals surface area contributed by atoms with Gasteiger partial charge in [0.25, 0.3) is 0 Å². The molecule has 0 N–H and O–H groups in total. The molecule has 0 bridgehead atoms. The van der Waals surface area contributed by atoms with Gasteiger partial charge in [-0.3, -0.25) is 0 Å². The van der Waals surface area contributed by atoms with Gasteiger partial charge in [-0.1, -0.05) is 0 Å². The molecule has 0 aliphatic rings. The number of rotatable bonds is 3. The Bertz CT molecular complexity index is 521. The number of ether oxygens (including phenoxy) is 1. The molecular formula is C13H12F2N2O. The Hall–Kier alpha value is -2.04. The van der Waals surface area contributed by atoms with Crippen LogP contribution in [0.25, 0.3) is 11.4 Å². The summed E-state index contributed by atoms with van der Waals surface area (Å²) in [4.78, 5) is 8.59. The van der Waals surface area contributed by atoms with Gasteiger partial charge in [0.05, 0.1) is 0 Å². The summed E-state index contributed by atoms with van der Waals surface area (Å²) < 4.78 is 28.3. The Morgan fingerprint density at radius 1 is 1.00 bits per heavy atom. The molecule has 2 aromatic rings. The van der Waals surface area contributed by atoms with Gasteiger partial charge in [0.15, 0.2) is 5.82 Å². The average molecular weight is 250 g/mol. The van der Waals surface area contributed by atoms with Crippen molar-refractivity contribution in [1.29, 1.82) is 0 Å². The van der Waals surface area contributed by atoms with Crippen molar-refractivity contribution < 1.29 is 13.5 Å².